The van der Waals surface area contributed by atoms with Crippen molar-refractivity contribution in [1.82, 2.24) is 19.8 Å². The standard InChI is InChI=1S/C30H38ClFN6O/c1-19-10-8-9-11-21(19)15-23(39)14-20(2)26-25(31)16-24-28(27(26)32)33-30(38-17-22(18-38)36(5)6)34-29(24)37(7)13-12-35(3)4/h8-11,14-16,22,39H,12-13,17-18H2,1-7H3/b20-14+,23-15+. The van der Waals surface area contributed by atoms with Crippen LogP contribution >= 0.6 is 11.6 Å². The van der Waals surface area contributed by atoms with Gasteiger partial charge in [-0.15, -0.1) is 0 Å². The number of fused-ring (bicyclic) bond motifs is 1. The topological polar surface area (TPSA) is 59.0 Å². The highest BCUT2D eigenvalue weighted by atomic mass is 35.5. The lowest BCUT2D eigenvalue weighted by Crippen LogP contribution is -2.58. The molecule has 0 unspecified atom stereocenters. The molecule has 1 aliphatic heterocycles. The fourth-order valence-electron chi connectivity index (χ4n) is 4.61. The van der Waals surface area contributed by atoms with E-state index in [0.29, 0.717) is 35.3 Å². The summed E-state index contributed by atoms with van der Waals surface area (Å²) in [4.78, 5) is 17.9. The van der Waals surface area contributed by atoms with Crippen LogP contribution in [0.4, 0.5) is 16.2 Å². The van der Waals surface area contributed by atoms with Crippen molar-refractivity contribution in [2.24, 2.45) is 0 Å². The van der Waals surface area contributed by atoms with Gasteiger partial charge in [-0.2, -0.15) is 4.98 Å². The first-order valence-corrected chi connectivity index (χ1v) is 13.5. The van der Waals surface area contributed by atoms with Gasteiger partial charge in [-0.3, -0.25) is 0 Å². The number of aliphatic hydroxyl groups excluding tert-OH is 1. The molecule has 7 nitrogen and oxygen atoms in total. The quantitative estimate of drug-likeness (QED) is 0.278. The summed E-state index contributed by atoms with van der Waals surface area (Å²) < 4.78 is 16.3. The number of hydrogen-bond donors (Lipinski definition) is 1. The molecule has 0 radical (unpaired) electrons. The summed E-state index contributed by atoms with van der Waals surface area (Å²) in [7, 11) is 10.1. The van der Waals surface area contributed by atoms with Gasteiger partial charge in [0.25, 0.3) is 0 Å². The summed E-state index contributed by atoms with van der Waals surface area (Å²) in [5.41, 5.74) is 2.85. The molecule has 2 heterocycles. The zero-order valence-electron chi connectivity index (χ0n) is 23.8. The predicted octanol–water partition coefficient (Wildman–Crippen LogP) is 5.48. The zero-order valence-corrected chi connectivity index (χ0v) is 24.6. The van der Waals surface area contributed by atoms with Crippen LogP contribution in [0, 0.1) is 12.7 Å². The predicted molar refractivity (Wildman–Crippen MR) is 161 cm³/mol. The second-order valence-electron chi connectivity index (χ2n) is 10.8. The zero-order chi connectivity index (χ0) is 28.4. The molecule has 2 aromatic carbocycles. The number of aliphatic hydroxyl groups is 1. The molecule has 9 heteroatoms. The highest BCUT2D eigenvalue weighted by molar-refractivity contribution is 6.33. The van der Waals surface area contributed by atoms with Crippen molar-refractivity contribution in [1.29, 1.82) is 0 Å². The van der Waals surface area contributed by atoms with Crippen LogP contribution in [0.15, 0.2) is 42.2 Å². The lowest BCUT2D eigenvalue weighted by atomic mass is 10.0. The van der Waals surface area contributed by atoms with Gasteiger partial charge in [-0.25, -0.2) is 9.37 Å². The lowest BCUT2D eigenvalue weighted by molar-refractivity contribution is 0.245. The monoisotopic (exact) mass is 552 g/mol. The number of halogens is 2. The van der Waals surface area contributed by atoms with Crippen LogP contribution in [0.1, 0.15) is 23.6 Å². The maximum Gasteiger partial charge on any atom is 0.228 e. The molecule has 0 atom stereocenters. The summed E-state index contributed by atoms with van der Waals surface area (Å²) in [6.45, 7) is 6.78. The Balaban J connectivity index is 1.80. The van der Waals surface area contributed by atoms with Gasteiger partial charge in [0, 0.05) is 50.2 Å². The van der Waals surface area contributed by atoms with Gasteiger partial charge in [-0.1, -0.05) is 35.9 Å². The Morgan fingerprint density at radius 1 is 1.13 bits per heavy atom. The van der Waals surface area contributed by atoms with E-state index in [-0.39, 0.29) is 21.9 Å². The molecular weight excluding hydrogens is 515 g/mol. The fraction of sp³-hybridized carbons (Fsp3) is 0.400. The number of allylic oxidation sites excluding steroid dienone is 2. The average Bonchev–Trinajstić information content (AvgIpc) is 2.82. The van der Waals surface area contributed by atoms with Gasteiger partial charge in [0.1, 0.15) is 17.1 Å². The van der Waals surface area contributed by atoms with Crippen LogP contribution in [0.25, 0.3) is 22.6 Å². The van der Waals surface area contributed by atoms with E-state index < -0.39 is 5.82 Å². The highest BCUT2D eigenvalue weighted by Gasteiger charge is 2.32. The molecule has 0 saturated carbocycles. The van der Waals surface area contributed by atoms with E-state index in [0.717, 1.165) is 30.8 Å². The minimum atomic E-state index is -0.523. The van der Waals surface area contributed by atoms with Crippen LogP contribution in [0.3, 0.4) is 0 Å². The molecule has 39 heavy (non-hydrogen) atoms. The van der Waals surface area contributed by atoms with Crippen LogP contribution in [-0.4, -0.2) is 92.3 Å². The first-order chi connectivity index (χ1) is 18.5. The average molecular weight is 553 g/mol. The summed E-state index contributed by atoms with van der Waals surface area (Å²) in [6.07, 6.45) is 3.20. The normalized spacial score (nSPS) is 15.0. The maximum absolute atomic E-state index is 16.3. The number of hydrogen-bond acceptors (Lipinski definition) is 7. The number of anilines is 2. The Bertz CT molecular complexity index is 1410. The summed E-state index contributed by atoms with van der Waals surface area (Å²) in [6, 6.07) is 9.88. The molecular formula is C30H38ClFN6O. The fourth-order valence-corrected chi connectivity index (χ4v) is 4.95. The summed E-state index contributed by atoms with van der Waals surface area (Å²) >= 11 is 6.69. The van der Waals surface area contributed by atoms with E-state index in [2.05, 4.69) is 28.8 Å². The number of aryl methyl sites for hydroxylation is 1. The molecule has 0 amide bonds. The Morgan fingerprint density at radius 3 is 2.46 bits per heavy atom. The maximum atomic E-state index is 16.3. The Hall–Kier alpha value is -3.20. The van der Waals surface area contributed by atoms with Gasteiger partial charge in [0.05, 0.1) is 5.02 Å². The van der Waals surface area contributed by atoms with Crippen molar-refractivity contribution < 1.29 is 9.50 Å². The third-order valence-corrected chi connectivity index (χ3v) is 7.52. The van der Waals surface area contributed by atoms with Crippen LogP contribution in [-0.2, 0) is 0 Å². The molecule has 3 aromatic rings. The molecule has 1 aliphatic rings. The van der Waals surface area contributed by atoms with Gasteiger partial charge >= 0.3 is 0 Å². The third-order valence-electron chi connectivity index (χ3n) is 7.22. The van der Waals surface area contributed by atoms with Crippen molar-refractivity contribution in [3.63, 3.8) is 0 Å². The van der Waals surface area contributed by atoms with Crippen molar-refractivity contribution in [3.8, 4) is 0 Å². The SMILES string of the molecule is C/C(=C\C(O)=C/c1ccccc1C)c1c(Cl)cc2c(N(C)CCN(C)C)nc(N3CC(N(C)C)C3)nc2c1F. The van der Waals surface area contributed by atoms with Crippen molar-refractivity contribution in [3.05, 3.63) is 69.7 Å². The molecule has 4 rings (SSSR count). The Kier molecular flexibility index (Phi) is 8.79. The summed E-state index contributed by atoms with van der Waals surface area (Å²) in [5, 5.41) is 11.5. The van der Waals surface area contributed by atoms with Crippen LogP contribution in [0.5, 0.6) is 0 Å². The number of rotatable bonds is 9. The molecule has 1 N–H and O–H groups in total. The van der Waals surface area contributed by atoms with Gasteiger partial charge in [0.2, 0.25) is 5.95 Å². The molecule has 0 bridgehead atoms. The van der Waals surface area contributed by atoms with Crippen molar-refractivity contribution in [2.75, 3.05) is 71.2 Å². The van der Waals surface area contributed by atoms with Gasteiger partial charge in [-0.05, 0) is 77.0 Å². The highest BCUT2D eigenvalue weighted by Crippen LogP contribution is 2.37. The number of benzene rings is 2. The summed E-state index contributed by atoms with van der Waals surface area (Å²) in [5.74, 6) is 0.635. The number of likely N-dealkylation sites (N-methyl/N-ethyl adjacent to an activating group) is 3. The number of aromatic nitrogens is 2. The lowest BCUT2D eigenvalue weighted by Gasteiger charge is -2.43. The molecule has 0 spiro atoms. The second kappa shape index (κ2) is 11.9. The Morgan fingerprint density at radius 2 is 1.82 bits per heavy atom. The minimum Gasteiger partial charge on any atom is -0.508 e. The van der Waals surface area contributed by atoms with E-state index in [1.807, 2.05) is 57.2 Å². The number of nitrogens with zero attached hydrogens (tertiary/aromatic N) is 6. The van der Waals surface area contributed by atoms with E-state index in [1.54, 1.807) is 19.1 Å². The first kappa shape index (κ1) is 28.8. The van der Waals surface area contributed by atoms with Crippen LogP contribution in [0.2, 0.25) is 5.02 Å². The van der Waals surface area contributed by atoms with E-state index in [1.165, 1.54) is 6.08 Å². The molecule has 1 aromatic heterocycles. The molecule has 1 saturated heterocycles. The second-order valence-corrected chi connectivity index (χ2v) is 11.2. The Labute approximate surface area is 235 Å². The third kappa shape index (κ3) is 6.35. The van der Waals surface area contributed by atoms with Gasteiger partial charge in [0.15, 0.2) is 5.82 Å². The minimum absolute atomic E-state index is 0.0140. The first-order valence-electron chi connectivity index (χ1n) is 13.1. The van der Waals surface area contributed by atoms with Crippen LogP contribution < -0.4 is 9.80 Å². The van der Waals surface area contributed by atoms with Gasteiger partial charge < -0.3 is 24.7 Å². The smallest absolute Gasteiger partial charge is 0.228 e. The van der Waals surface area contributed by atoms with E-state index >= 15 is 4.39 Å². The molecule has 208 valence electrons. The van der Waals surface area contributed by atoms with Crippen molar-refractivity contribution >= 4 is 45.9 Å². The van der Waals surface area contributed by atoms with E-state index in [4.69, 9.17) is 21.6 Å². The van der Waals surface area contributed by atoms with E-state index in [9.17, 15) is 5.11 Å². The van der Waals surface area contributed by atoms with Crippen molar-refractivity contribution in [2.45, 2.75) is 19.9 Å². The largest absolute Gasteiger partial charge is 0.508 e. The molecule has 0 aliphatic carbocycles. The molecule has 1 fully saturated rings.